The highest BCUT2D eigenvalue weighted by molar-refractivity contribution is 7.47. The van der Waals surface area contributed by atoms with Gasteiger partial charge >= 0.3 is 27.6 Å². The minimum atomic E-state index is -4.82. The van der Waals surface area contributed by atoms with Crippen LogP contribution in [0.15, 0.2) is 24.3 Å². The van der Waals surface area contributed by atoms with Crippen LogP contribution in [-0.4, -0.2) is 153 Å². The van der Waals surface area contributed by atoms with E-state index in [1.54, 1.807) is 0 Å². The van der Waals surface area contributed by atoms with Gasteiger partial charge in [0.15, 0.2) is 0 Å². The molecular formula is C81H152N4O20P2. The topological polar surface area (TPSA) is 336 Å². The zero-order valence-electron chi connectivity index (χ0n) is 67.6. The van der Waals surface area contributed by atoms with E-state index in [-0.39, 0.29) is 76.5 Å². The standard InChI is InChI=1S/C81H152N4O20P2/c1-7-13-19-25-28-31-34-40-44-50-73(87)63-78(90)84-70(67-99-60-56-74(51-45-38-23-17-11-5)104-80(92)53-47-41-35-32-29-26-20-14-8-2)68-102-106(94,95)100-61-57-82-76(88)65-77(89)83-58-62-101-107(96,97)103-69-71(66-98-59-55-72(86)49-43-37-22-16-10-4)85-79(91)64-75(52-46-39-24-18-12-6)105-81(93)54-48-42-36-33-30-27-21-15-9-3/h32-33,35-36,70-72,74-75,86H,7-31,34,37-69H2,1-6H3,(H,82,88)(H,83,89)(H,84,90)(H,85,91)(H,94,95)(H,96,97)/b35-32-,36-33+/t70?,71?,72-,74-,75-/m1/s1. The molecule has 0 saturated carbocycles. The molecule has 0 aliphatic rings. The first-order valence-corrected chi connectivity index (χ1v) is 45.1. The fourth-order valence-corrected chi connectivity index (χ4v) is 13.4. The molecule has 0 fully saturated rings. The molecule has 0 radical (unpaired) electrons. The number of aliphatic hydroxyl groups is 1. The Morgan fingerprint density at radius 3 is 1.17 bits per heavy atom. The quantitative estimate of drug-likeness (QED) is 0.00978. The number of phosphoric ester groups is 2. The number of rotatable bonds is 80. The predicted molar refractivity (Wildman–Crippen MR) is 424 cm³/mol. The first-order valence-electron chi connectivity index (χ1n) is 42.1. The van der Waals surface area contributed by atoms with E-state index in [9.17, 15) is 57.6 Å². The molecule has 0 spiro atoms. The Labute approximate surface area is 646 Å². The predicted octanol–water partition coefficient (Wildman–Crippen LogP) is 17.6. The fraction of sp³-hybridized carbons (Fsp3) is 0.864. The minimum Gasteiger partial charge on any atom is -0.462 e. The summed E-state index contributed by atoms with van der Waals surface area (Å²) in [4.78, 5) is 113. The van der Waals surface area contributed by atoms with Crippen molar-refractivity contribution in [1.82, 2.24) is 21.3 Å². The normalized spacial score (nSPS) is 14.3. The maximum atomic E-state index is 13.7. The molecule has 4 unspecified atom stereocenters. The molecule has 0 saturated heterocycles. The van der Waals surface area contributed by atoms with E-state index in [4.69, 9.17) is 37.0 Å². The lowest BCUT2D eigenvalue weighted by molar-refractivity contribution is -0.152. The maximum Gasteiger partial charge on any atom is 0.472 e. The smallest absolute Gasteiger partial charge is 0.462 e. The van der Waals surface area contributed by atoms with Gasteiger partial charge in [-0.15, -0.1) is 0 Å². The van der Waals surface area contributed by atoms with Crippen LogP contribution in [-0.2, 0) is 79.7 Å². The monoisotopic (exact) mass is 1560 g/mol. The van der Waals surface area contributed by atoms with Crippen LogP contribution in [0, 0.1) is 0 Å². The van der Waals surface area contributed by atoms with Crippen molar-refractivity contribution in [2.24, 2.45) is 0 Å². The van der Waals surface area contributed by atoms with Gasteiger partial charge in [-0.25, -0.2) is 9.13 Å². The maximum absolute atomic E-state index is 13.7. The van der Waals surface area contributed by atoms with Gasteiger partial charge in [-0.2, -0.15) is 0 Å². The molecule has 0 aliphatic carbocycles. The highest BCUT2D eigenvalue weighted by Gasteiger charge is 2.28. The van der Waals surface area contributed by atoms with E-state index in [2.05, 4.69) is 87.1 Å². The van der Waals surface area contributed by atoms with Crippen LogP contribution in [0.25, 0.3) is 0 Å². The molecule has 0 aromatic rings. The van der Waals surface area contributed by atoms with E-state index in [0.717, 1.165) is 161 Å². The number of carbonyl (C=O) groups excluding carboxylic acids is 7. The van der Waals surface area contributed by atoms with Crippen LogP contribution >= 0.6 is 15.6 Å². The van der Waals surface area contributed by atoms with Crippen molar-refractivity contribution in [2.45, 2.75) is 387 Å². The van der Waals surface area contributed by atoms with Crippen molar-refractivity contribution >= 4 is 57.0 Å². The lowest BCUT2D eigenvalue weighted by Gasteiger charge is -2.23. The highest BCUT2D eigenvalue weighted by atomic mass is 31.2. The van der Waals surface area contributed by atoms with Crippen molar-refractivity contribution in [2.75, 3.05) is 65.9 Å². The second-order valence-electron chi connectivity index (χ2n) is 28.7. The first-order chi connectivity index (χ1) is 51.7. The SMILES string of the molecule is CCCCCC/C=C\CCCC(=O)O[C@H](CCCCCCC)CCOCC(COP(=O)(O)OCCNC(=O)CC(=O)NCCOP(=O)(O)OCC(COCC[C@H](O)CCCCCCC)NC(=O)C[C@@H](CCCCCCC)OC(=O)CCC/C=C/CCCCCC)NC(=O)CC(=O)CCCCCCCCCCC. The van der Waals surface area contributed by atoms with Gasteiger partial charge in [0.25, 0.3) is 0 Å². The molecule has 24 nitrogen and oxygen atoms in total. The molecule has 107 heavy (non-hydrogen) atoms. The van der Waals surface area contributed by atoms with Gasteiger partial charge in [0.1, 0.15) is 24.4 Å². The van der Waals surface area contributed by atoms with Crippen molar-refractivity contribution in [3.8, 4) is 0 Å². The Hall–Kier alpha value is -3.93. The van der Waals surface area contributed by atoms with E-state index >= 15 is 0 Å². The van der Waals surface area contributed by atoms with Crippen LogP contribution in [0.5, 0.6) is 0 Å². The van der Waals surface area contributed by atoms with Crippen molar-refractivity contribution in [1.29, 1.82) is 0 Å². The second-order valence-corrected chi connectivity index (χ2v) is 31.6. The Morgan fingerprint density at radius 1 is 0.355 bits per heavy atom. The average Bonchev–Trinajstić information content (AvgIpc) is 0.920. The summed E-state index contributed by atoms with van der Waals surface area (Å²) < 4.78 is 70.7. The molecule has 0 aromatic heterocycles. The van der Waals surface area contributed by atoms with Crippen LogP contribution in [0.3, 0.4) is 0 Å². The highest BCUT2D eigenvalue weighted by Crippen LogP contribution is 2.44. The summed E-state index contributed by atoms with van der Waals surface area (Å²) >= 11 is 0. The molecule has 626 valence electrons. The molecule has 7 atom stereocenters. The first kappa shape index (κ1) is 103. The number of hydrogen-bond donors (Lipinski definition) is 7. The molecule has 4 amide bonds. The number of ketones is 1. The van der Waals surface area contributed by atoms with Gasteiger partial charge in [-0.3, -0.25) is 51.7 Å². The Balaban J connectivity index is 5.64. The number of esters is 2. The number of carbonyl (C=O) groups is 7. The summed E-state index contributed by atoms with van der Waals surface area (Å²) in [5, 5.41) is 20.9. The minimum absolute atomic E-state index is 0.132. The number of ether oxygens (including phenoxy) is 4. The number of nitrogens with one attached hydrogen (secondary N) is 4. The van der Waals surface area contributed by atoms with E-state index in [0.29, 0.717) is 57.8 Å². The molecular weight excluding hydrogens is 1410 g/mol. The van der Waals surface area contributed by atoms with Crippen LogP contribution in [0.2, 0.25) is 0 Å². The second kappa shape index (κ2) is 73.5. The lowest BCUT2D eigenvalue weighted by atomic mass is 10.0. The molecule has 7 N–H and O–H groups in total. The van der Waals surface area contributed by atoms with E-state index in [1.165, 1.54) is 64.2 Å². The van der Waals surface area contributed by atoms with E-state index in [1.807, 2.05) is 0 Å². The van der Waals surface area contributed by atoms with Crippen molar-refractivity contribution in [3.63, 3.8) is 0 Å². The van der Waals surface area contributed by atoms with E-state index < -0.39 is 109 Å². The van der Waals surface area contributed by atoms with Gasteiger partial charge in [0.05, 0.1) is 77.3 Å². The van der Waals surface area contributed by atoms with Crippen LogP contribution in [0.1, 0.15) is 356 Å². The number of allylic oxidation sites excluding steroid dienone is 4. The number of hydrogen-bond acceptors (Lipinski definition) is 18. The third kappa shape index (κ3) is 70.9. The largest absolute Gasteiger partial charge is 0.472 e. The number of aliphatic hydroxyl groups excluding tert-OH is 1. The summed E-state index contributed by atoms with van der Waals surface area (Å²) in [5.74, 6) is -3.57. The van der Waals surface area contributed by atoms with Crippen molar-refractivity contribution in [3.05, 3.63) is 24.3 Å². The summed E-state index contributed by atoms with van der Waals surface area (Å²) in [6.07, 6.45) is 48.2. The molecule has 0 rings (SSSR count). The van der Waals surface area contributed by atoms with Gasteiger partial charge < -0.3 is 55.1 Å². The third-order valence-corrected chi connectivity index (χ3v) is 20.2. The van der Waals surface area contributed by atoms with Gasteiger partial charge in [0.2, 0.25) is 23.6 Å². The number of unbranched alkanes of at least 4 members (excludes halogenated alkanes) is 30. The molecule has 0 bridgehead atoms. The molecule has 0 aliphatic heterocycles. The zero-order valence-corrected chi connectivity index (χ0v) is 69.4. The molecule has 0 aromatic carbocycles. The van der Waals surface area contributed by atoms with Gasteiger partial charge in [-0.05, 0) is 96.3 Å². The Bertz CT molecular complexity index is 2370. The summed E-state index contributed by atoms with van der Waals surface area (Å²) in [7, 11) is -9.64. The van der Waals surface area contributed by atoms with Crippen LogP contribution in [0.4, 0.5) is 0 Å². The van der Waals surface area contributed by atoms with Gasteiger partial charge in [0, 0.05) is 45.4 Å². The van der Waals surface area contributed by atoms with Gasteiger partial charge in [-0.1, -0.05) is 239 Å². The summed E-state index contributed by atoms with van der Waals surface area (Å²) in [6.45, 7) is 10.1. The summed E-state index contributed by atoms with van der Waals surface area (Å²) in [6, 6.07) is -1.96. The average molecular weight is 1560 g/mol. The Kier molecular flexibility index (Phi) is 70.8. The number of Topliss-reactive ketones (excluding diaryl/α,β-unsaturated/α-hetero) is 1. The lowest BCUT2D eigenvalue weighted by Crippen LogP contribution is -2.43. The fourth-order valence-electron chi connectivity index (χ4n) is 11.8. The van der Waals surface area contributed by atoms with Crippen molar-refractivity contribution < 1.29 is 94.6 Å². The number of phosphoric acid groups is 2. The van der Waals surface area contributed by atoms with Crippen LogP contribution < -0.4 is 21.3 Å². The zero-order chi connectivity index (χ0) is 79.0. The Morgan fingerprint density at radius 2 is 0.720 bits per heavy atom. The third-order valence-electron chi connectivity index (χ3n) is 18.2. The summed E-state index contributed by atoms with van der Waals surface area (Å²) in [5.41, 5.74) is 0. The molecule has 0 heterocycles. The number of amides is 4. The molecule has 26 heteroatoms.